The third kappa shape index (κ3) is 6.56. The number of hydrogen-bond donors (Lipinski definition) is 1. The third-order valence-electron chi connectivity index (χ3n) is 5.87. The Morgan fingerprint density at radius 3 is 2.29 bits per heavy atom. The fraction of sp³-hybridized carbons (Fsp3) is 0.276. The van der Waals surface area contributed by atoms with Gasteiger partial charge in [-0.15, -0.1) is 0 Å². The van der Waals surface area contributed by atoms with Crippen molar-refractivity contribution in [1.29, 1.82) is 0 Å². The molecule has 1 heterocycles. The van der Waals surface area contributed by atoms with Gasteiger partial charge in [0.2, 0.25) is 5.88 Å². The van der Waals surface area contributed by atoms with Crippen LogP contribution in [0.1, 0.15) is 24.5 Å². The summed E-state index contributed by atoms with van der Waals surface area (Å²) in [5, 5.41) is 15.7. The topological polar surface area (TPSA) is 50.5 Å². The van der Waals surface area contributed by atoms with E-state index in [-0.39, 0.29) is 5.82 Å². The number of halogens is 1. The first-order valence-electron chi connectivity index (χ1n) is 12.0. The van der Waals surface area contributed by atoms with Gasteiger partial charge in [-0.1, -0.05) is 67.6 Å². The van der Waals surface area contributed by atoms with Gasteiger partial charge < -0.3 is 9.84 Å². The molecule has 0 saturated heterocycles. The number of hydrogen-bond acceptors (Lipinski definition) is 4. The quantitative estimate of drug-likeness (QED) is 0.298. The molecule has 0 aliphatic carbocycles. The van der Waals surface area contributed by atoms with Crippen molar-refractivity contribution in [3.8, 4) is 22.9 Å². The van der Waals surface area contributed by atoms with Crippen LogP contribution >= 0.6 is 0 Å². The zero-order valence-corrected chi connectivity index (χ0v) is 20.3. The van der Waals surface area contributed by atoms with Crippen molar-refractivity contribution >= 4 is 0 Å². The maximum atomic E-state index is 13.4. The SMILES string of the molecule is CCCN(Cc1c(-c2ccccc2)nn(C)c1Oc1ccc(F)cc1)C[C@@H](O)Cc1ccccc1. The van der Waals surface area contributed by atoms with Crippen molar-refractivity contribution in [1.82, 2.24) is 14.7 Å². The maximum Gasteiger partial charge on any atom is 0.222 e. The van der Waals surface area contributed by atoms with Crippen molar-refractivity contribution < 1.29 is 14.2 Å². The van der Waals surface area contributed by atoms with Crippen LogP contribution in [0.15, 0.2) is 84.9 Å². The summed E-state index contributed by atoms with van der Waals surface area (Å²) < 4.78 is 21.4. The highest BCUT2D eigenvalue weighted by atomic mass is 19.1. The number of rotatable bonds is 11. The van der Waals surface area contributed by atoms with Crippen LogP contribution in [0.2, 0.25) is 0 Å². The minimum atomic E-state index is -0.498. The van der Waals surface area contributed by atoms with Gasteiger partial charge in [-0.3, -0.25) is 4.90 Å². The number of aliphatic hydroxyl groups is 1. The first kappa shape index (κ1) is 24.6. The van der Waals surface area contributed by atoms with Gasteiger partial charge in [0.25, 0.3) is 0 Å². The highest BCUT2D eigenvalue weighted by molar-refractivity contribution is 5.65. The molecular weight excluding hydrogens is 441 g/mol. The molecule has 4 rings (SSSR count). The minimum absolute atomic E-state index is 0.311. The van der Waals surface area contributed by atoms with Crippen molar-refractivity contribution in [2.75, 3.05) is 13.1 Å². The van der Waals surface area contributed by atoms with Crippen molar-refractivity contribution in [3.63, 3.8) is 0 Å². The molecule has 0 aliphatic rings. The van der Waals surface area contributed by atoms with Gasteiger partial charge >= 0.3 is 0 Å². The van der Waals surface area contributed by atoms with Gasteiger partial charge in [0.05, 0.1) is 11.7 Å². The highest BCUT2D eigenvalue weighted by Gasteiger charge is 2.23. The summed E-state index contributed by atoms with van der Waals surface area (Å²) in [5.74, 6) is 0.838. The van der Waals surface area contributed by atoms with Crippen LogP contribution in [0.25, 0.3) is 11.3 Å². The van der Waals surface area contributed by atoms with Gasteiger partial charge in [0, 0.05) is 25.7 Å². The molecule has 182 valence electrons. The van der Waals surface area contributed by atoms with E-state index in [1.165, 1.54) is 12.1 Å². The molecule has 35 heavy (non-hydrogen) atoms. The number of aromatic nitrogens is 2. The average Bonchev–Trinajstić information content (AvgIpc) is 3.16. The largest absolute Gasteiger partial charge is 0.439 e. The molecule has 0 bridgehead atoms. The lowest BCUT2D eigenvalue weighted by Crippen LogP contribution is -2.34. The van der Waals surface area contributed by atoms with Crippen molar-refractivity contribution in [2.45, 2.75) is 32.4 Å². The van der Waals surface area contributed by atoms with Gasteiger partial charge in [-0.2, -0.15) is 5.10 Å². The van der Waals surface area contributed by atoms with Gasteiger partial charge in [0.15, 0.2) is 0 Å². The Morgan fingerprint density at radius 1 is 0.971 bits per heavy atom. The lowest BCUT2D eigenvalue weighted by molar-refractivity contribution is 0.108. The third-order valence-corrected chi connectivity index (χ3v) is 5.87. The summed E-state index contributed by atoms with van der Waals surface area (Å²) >= 11 is 0. The Labute approximate surface area is 206 Å². The fourth-order valence-electron chi connectivity index (χ4n) is 4.29. The number of benzene rings is 3. The molecule has 0 unspecified atom stereocenters. The van der Waals surface area contributed by atoms with Gasteiger partial charge in [0.1, 0.15) is 17.3 Å². The first-order chi connectivity index (χ1) is 17.0. The van der Waals surface area contributed by atoms with Crippen LogP contribution in [-0.4, -0.2) is 39.0 Å². The maximum absolute atomic E-state index is 13.4. The standard InChI is InChI=1S/C29H32FN3O2/c1-3-18-33(20-25(34)19-22-10-6-4-7-11-22)21-27-28(23-12-8-5-9-13-23)31-32(2)29(27)35-26-16-14-24(30)15-17-26/h4-17,25,34H,3,18-21H2,1-2H3/t25-/m0/s1. The molecule has 1 aromatic heterocycles. The molecule has 0 radical (unpaired) electrons. The summed E-state index contributed by atoms with van der Waals surface area (Å²) in [6, 6.07) is 26.0. The molecular formula is C29H32FN3O2. The molecule has 0 amide bonds. The predicted molar refractivity (Wildman–Crippen MR) is 137 cm³/mol. The monoisotopic (exact) mass is 473 g/mol. The Kier molecular flexibility index (Phi) is 8.29. The zero-order chi connectivity index (χ0) is 24.6. The number of nitrogens with zero attached hydrogens (tertiary/aromatic N) is 3. The molecule has 6 heteroatoms. The van der Waals surface area contributed by atoms with Crippen molar-refractivity contribution in [2.24, 2.45) is 7.05 Å². The number of ether oxygens (including phenoxy) is 1. The molecule has 0 spiro atoms. The molecule has 1 N–H and O–H groups in total. The minimum Gasteiger partial charge on any atom is -0.439 e. The Bertz CT molecular complexity index is 1190. The lowest BCUT2D eigenvalue weighted by atomic mass is 10.1. The van der Waals surface area contributed by atoms with E-state index in [2.05, 4.69) is 11.8 Å². The molecule has 5 nitrogen and oxygen atoms in total. The smallest absolute Gasteiger partial charge is 0.222 e. The van der Waals surface area contributed by atoms with Crippen LogP contribution in [0.4, 0.5) is 4.39 Å². The van der Waals surface area contributed by atoms with E-state index in [4.69, 9.17) is 9.84 Å². The average molecular weight is 474 g/mol. The summed E-state index contributed by atoms with van der Waals surface area (Å²) in [7, 11) is 1.85. The van der Waals surface area contributed by atoms with E-state index in [9.17, 15) is 9.50 Å². The van der Waals surface area contributed by atoms with Crippen LogP contribution in [0.5, 0.6) is 11.6 Å². The fourth-order valence-corrected chi connectivity index (χ4v) is 4.29. The molecule has 0 aliphatic heterocycles. The second-order valence-electron chi connectivity index (χ2n) is 8.76. The molecule has 0 saturated carbocycles. The Morgan fingerprint density at radius 2 is 1.63 bits per heavy atom. The van der Waals surface area contributed by atoms with E-state index < -0.39 is 6.10 Å². The highest BCUT2D eigenvalue weighted by Crippen LogP contribution is 2.34. The van der Waals surface area contributed by atoms with Crippen LogP contribution in [0.3, 0.4) is 0 Å². The van der Waals surface area contributed by atoms with E-state index >= 15 is 0 Å². The molecule has 1 atom stereocenters. The molecule has 4 aromatic rings. The first-order valence-corrected chi connectivity index (χ1v) is 12.0. The van der Waals surface area contributed by atoms with E-state index in [0.29, 0.717) is 31.1 Å². The molecule has 3 aromatic carbocycles. The zero-order valence-electron chi connectivity index (χ0n) is 20.3. The van der Waals surface area contributed by atoms with E-state index in [0.717, 1.165) is 35.3 Å². The second-order valence-corrected chi connectivity index (χ2v) is 8.76. The number of aliphatic hydroxyl groups excluding tert-OH is 1. The van der Waals surface area contributed by atoms with E-state index in [1.807, 2.05) is 67.7 Å². The normalized spacial score (nSPS) is 12.1. The predicted octanol–water partition coefficient (Wildman–Crippen LogP) is 5.83. The summed E-state index contributed by atoms with van der Waals surface area (Å²) in [4.78, 5) is 2.24. The Balaban J connectivity index is 1.63. The van der Waals surface area contributed by atoms with Crippen LogP contribution in [-0.2, 0) is 20.0 Å². The van der Waals surface area contributed by atoms with Gasteiger partial charge in [-0.25, -0.2) is 9.07 Å². The molecule has 0 fully saturated rings. The van der Waals surface area contributed by atoms with Crippen LogP contribution in [0, 0.1) is 5.82 Å². The summed E-state index contributed by atoms with van der Waals surface area (Å²) in [6.45, 7) is 4.05. The summed E-state index contributed by atoms with van der Waals surface area (Å²) in [6.07, 6.45) is 1.05. The van der Waals surface area contributed by atoms with Gasteiger partial charge in [-0.05, 0) is 49.2 Å². The van der Waals surface area contributed by atoms with Crippen molar-refractivity contribution in [3.05, 3.63) is 102 Å². The Hall–Kier alpha value is -3.48. The lowest BCUT2D eigenvalue weighted by Gasteiger charge is -2.25. The van der Waals surface area contributed by atoms with Crippen LogP contribution < -0.4 is 4.74 Å². The summed E-state index contributed by atoms with van der Waals surface area (Å²) in [5.41, 5.74) is 3.88. The van der Waals surface area contributed by atoms with E-state index in [1.54, 1.807) is 16.8 Å². The number of aryl methyl sites for hydroxylation is 1. The second kappa shape index (κ2) is 11.8.